The van der Waals surface area contributed by atoms with Crippen LogP contribution in [-0.4, -0.2) is 10.3 Å². The molecular formula is C8H4ClF3O2. The molecule has 0 spiro atoms. The first-order chi connectivity index (χ1) is 6.34. The van der Waals surface area contributed by atoms with Crippen molar-refractivity contribution in [1.29, 1.82) is 0 Å². The summed E-state index contributed by atoms with van der Waals surface area (Å²) < 4.78 is 36.8. The standard InChI is InChI=1S/C8H4ClF3O2/c9-7(14)6-4(8(10,11)12)2-1-3-5(6)13/h1-3,13H. The number of halogens is 4. The number of phenolic OH excluding ortho intramolecular Hbond substituents is 1. The van der Waals surface area contributed by atoms with Crippen LogP contribution in [0.25, 0.3) is 0 Å². The monoisotopic (exact) mass is 224 g/mol. The van der Waals surface area contributed by atoms with Crippen molar-refractivity contribution < 1.29 is 23.1 Å². The third kappa shape index (κ3) is 1.98. The molecule has 0 saturated carbocycles. The number of carbonyl (C=O) groups excluding carboxylic acids is 1. The predicted octanol–water partition coefficient (Wildman–Crippen LogP) is 2.79. The summed E-state index contributed by atoms with van der Waals surface area (Å²) in [7, 11) is 0. The minimum atomic E-state index is -4.71. The van der Waals surface area contributed by atoms with Crippen LogP contribution < -0.4 is 0 Å². The Morgan fingerprint density at radius 2 is 1.93 bits per heavy atom. The Kier molecular flexibility index (Phi) is 2.71. The van der Waals surface area contributed by atoms with Crippen molar-refractivity contribution in [3.8, 4) is 5.75 Å². The van der Waals surface area contributed by atoms with Gasteiger partial charge in [-0.05, 0) is 23.7 Å². The molecular weight excluding hydrogens is 221 g/mol. The van der Waals surface area contributed by atoms with Gasteiger partial charge in [0.05, 0.1) is 11.1 Å². The number of aromatic hydroxyl groups is 1. The zero-order chi connectivity index (χ0) is 10.9. The van der Waals surface area contributed by atoms with Gasteiger partial charge in [-0.2, -0.15) is 13.2 Å². The highest BCUT2D eigenvalue weighted by molar-refractivity contribution is 6.68. The van der Waals surface area contributed by atoms with Gasteiger partial charge in [-0.25, -0.2) is 0 Å². The van der Waals surface area contributed by atoms with Crippen LogP contribution in [0.15, 0.2) is 18.2 Å². The first kappa shape index (κ1) is 10.8. The van der Waals surface area contributed by atoms with Crippen LogP contribution in [0.2, 0.25) is 0 Å². The molecule has 6 heteroatoms. The fourth-order valence-electron chi connectivity index (χ4n) is 0.983. The molecule has 0 atom stereocenters. The second-order valence-corrected chi connectivity index (χ2v) is 2.81. The Balaban J connectivity index is 3.44. The van der Waals surface area contributed by atoms with Crippen LogP contribution in [0.3, 0.4) is 0 Å². The number of hydrogen-bond acceptors (Lipinski definition) is 2. The molecule has 1 N–H and O–H groups in total. The van der Waals surface area contributed by atoms with Gasteiger partial charge in [0.25, 0.3) is 5.24 Å². The lowest BCUT2D eigenvalue weighted by molar-refractivity contribution is -0.138. The van der Waals surface area contributed by atoms with Gasteiger partial charge in [-0.3, -0.25) is 4.79 Å². The third-order valence-corrected chi connectivity index (χ3v) is 1.73. The lowest BCUT2D eigenvalue weighted by Crippen LogP contribution is -2.10. The number of benzene rings is 1. The zero-order valence-electron chi connectivity index (χ0n) is 6.60. The normalized spacial score (nSPS) is 11.4. The number of hydrogen-bond donors (Lipinski definition) is 1. The average molecular weight is 225 g/mol. The molecule has 0 bridgehead atoms. The zero-order valence-corrected chi connectivity index (χ0v) is 7.36. The quantitative estimate of drug-likeness (QED) is 0.745. The Bertz CT molecular complexity index is 373. The second kappa shape index (κ2) is 3.49. The Hall–Kier alpha value is -1.23. The van der Waals surface area contributed by atoms with Crippen molar-refractivity contribution in [2.75, 3.05) is 0 Å². The van der Waals surface area contributed by atoms with Crippen LogP contribution in [-0.2, 0) is 6.18 Å². The Morgan fingerprint density at radius 1 is 1.36 bits per heavy atom. The summed E-state index contributed by atoms with van der Waals surface area (Å²) >= 11 is 4.92. The molecule has 0 unspecified atom stereocenters. The third-order valence-electron chi connectivity index (χ3n) is 1.54. The molecule has 1 aromatic carbocycles. The second-order valence-electron chi connectivity index (χ2n) is 2.47. The molecule has 1 aromatic rings. The SMILES string of the molecule is O=C(Cl)c1c(O)cccc1C(F)(F)F. The summed E-state index contributed by atoms with van der Waals surface area (Å²) in [6.45, 7) is 0. The highest BCUT2D eigenvalue weighted by Crippen LogP contribution is 2.36. The molecule has 0 radical (unpaired) electrons. The Labute approximate surface area is 81.9 Å². The highest BCUT2D eigenvalue weighted by atomic mass is 35.5. The number of carbonyl (C=O) groups is 1. The van der Waals surface area contributed by atoms with E-state index in [1.54, 1.807) is 0 Å². The van der Waals surface area contributed by atoms with Crippen molar-refractivity contribution in [2.45, 2.75) is 6.18 Å². The van der Waals surface area contributed by atoms with E-state index >= 15 is 0 Å². The van der Waals surface area contributed by atoms with Gasteiger partial charge in [-0.15, -0.1) is 0 Å². The van der Waals surface area contributed by atoms with Crippen molar-refractivity contribution in [2.24, 2.45) is 0 Å². The van der Waals surface area contributed by atoms with E-state index in [2.05, 4.69) is 0 Å². The minimum Gasteiger partial charge on any atom is -0.507 e. The van der Waals surface area contributed by atoms with E-state index in [0.717, 1.165) is 12.1 Å². The fraction of sp³-hybridized carbons (Fsp3) is 0.125. The van der Waals surface area contributed by atoms with Gasteiger partial charge in [0.1, 0.15) is 5.75 Å². The fourth-order valence-corrected chi connectivity index (χ4v) is 1.18. The first-order valence-electron chi connectivity index (χ1n) is 3.43. The smallest absolute Gasteiger partial charge is 0.417 e. The van der Waals surface area contributed by atoms with Crippen molar-refractivity contribution in [3.05, 3.63) is 29.3 Å². The molecule has 0 saturated heterocycles. The summed E-state index contributed by atoms with van der Waals surface area (Å²) in [5.74, 6) is -0.778. The number of phenols is 1. The maximum Gasteiger partial charge on any atom is 0.417 e. The van der Waals surface area contributed by atoms with Gasteiger partial charge in [-0.1, -0.05) is 6.07 Å². The molecule has 0 heterocycles. The molecule has 14 heavy (non-hydrogen) atoms. The highest BCUT2D eigenvalue weighted by Gasteiger charge is 2.36. The molecule has 76 valence electrons. The van der Waals surface area contributed by atoms with Gasteiger partial charge in [0.15, 0.2) is 0 Å². The van der Waals surface area contributed by atoms with Crippen LogP contribution >= 0.6 is 11.6 Å². The van der Waals surface area contributed by atoms with E-state index in [1.165, 1.54) is 0 Å². The summed E-state index contributed by atoms with van der Waals surface area (Å²) in [6, 6.07) is 2.63. The van der Waals surface area contributed by atoms with Crippen LogP contribution in [0.5, 0.6) is 5.75 Å². The maximum atomic E-state index is 12.3. The number of alkyl halides is 3. The van der Waals surface area contributed by atoms with E-state index < -0.39 is 28.3 Å². The summed E-state index contributed by atoms with van der Waals surface area (Å²) in [5.41, 5.74) is -2.15. The molecule has 1 rings (SSSR count). The number of rotatable bonds is 1. The topological polar surface area (TPSA) is 37.3 Å². The van der Waals surface area contributed by atoms with Crippen molar-refractivity contribution in [1.82, 2.24) is 0 Å². The van der Waals surface area contributed by atoms with E-state index in [0.29, 0.717) is 6.07 Å². The van der Waals surface area contributed by atoms with Gasteiger partial charge >= 0.3 is 6.18 Å². The molecule has 2 nitrogen and oxygen atoms in total. The summed E-state index contributed by atoms with van der Waals surface area (Å²) in [5, 5.41) is 7.68. The van der Waals surface area contributed by atoms with Gasteiger partial charge in [0.2, 0.25) is 0 Å². The van der Waals surface area contributed by atoms with Crippen LogP contribution in [0.4, 0.5) is 13.2 Å². The maximum absolute atomic E-state index is 12.3. The lowest BCUT2D eigenvalue weighted by Gasteiger charge is -2.10. The average Bonchev–Trinajstić information content (AvgIpc) is 2.01. The molecule has 0 aliphatic carbocycles. The molecule has 0 amide bonds. The van der Waals surface area contributed by atoms with E-state index in [1.807, 2.05) is 0 Å². The van der Waals surface area contributed by atoms with Gasteiger partial charge in [0, 0.05) is 0 Å². The summed E-state index contributed by atoms with van der Waals surface area (Å²) in [6.07, 6.45) is -4.71. The molecule has 0 aliphatic heterocycles. The van der Waals surface area contributed by atoms with Crippen LogP contribution in [0, 0.1) is 0 Å². The van der Waals surface area contributed by atoms with Crippen LogP contribution in [0.1, 0.15) is 15.9 Å². The largest absolute Gasteiger partial charge is 0.507 e. The molecule has 0 aliphatic rings. The van der Waals surface area contributed by atoms with E-state index in [9.17, 15) is 18.0 Å². The lowest BCUT2D eigenvalue weighted by atomic mass is 10.1. The summed E-state index contributed by atoms with van der Waals surface area (Å²) in [4.78, 5) is 10.6. The molecule has 0 fully saturated rings. The van der Waals surface area contributed by atoms with E-state index in [4.69, 9.17) is 16.7 Å². The van der Waals surface area contributed by atoms with Crippen molar-refractivity contribution in [3.63, 3.8) is 0 Å². The Morgan fingerprint density at radius 3 is 2.29 bits per heavy atom. The van der Waals surface area contributed by atoms with Gasteiger partial charge < -0.3 is 5.11 Å². The first-order valence-corrected chi connectivity index (χ1v) is 3.81. The van der Waals surface area contributed by atoms with E-state index in [-0.39, 0.29) is 0 Å². The minimum absolute atomic E-state index is 0.676. The molecule has 0 aromatic heterocycles. The predicted molar refractivity (Wildman–Crippen MR) is 43.3 cm³/mol. The van der Waals surface area contributed by atoms with Crippen molar-refractivity contribution >= 4 is 16.8 Å².